The zero-order chi connectivity index (χ0) is 29.5. The highest BCUT2D eigenvalue weighted by molar-refractivity contribution is 6.42. The molecule has 1 saturated heterocycles. The molecule has 1 fully saturated rings. The monoisotopic (exact) mass is 618 g/mol. The molecule has 6 nitrogen and oxygen atoms in total. The molecule has 0 spiro atoms. The zero-order valence-electron chi connectivity index (χ0n) is 20.6. The van der Waals surface area contributed by atoms with E-state index in [1.54, 1.807) is 54.6 Å². The lowest BCUT2D eigenvalue weighted by Gasteiger charge is -2.27. The summed E-state index contributed by atoms with van der Waals surface area (Å²) in [6.07, 6.45) is -3.54. The van der Waals surface area contributed by atoms with Crippen LogP contribution in [0, 0.1) is 0 Å². The summed E-state index contributed by atoms with van der Waals surface area (Å²) in [5.74, 6) is -1.92. The first-order chi connectivity index (χ1) is 19.4. The minimum atomic E-state index is -4.77. The van der Waals surface area contributed by atoms with Crippen molar-refractivity contribution in [3.8, 4) is 5.75 Å². The maximum absolute atomic E-state index is 13.5. The molecule has 0 bridgehead atoms. The van der Waals surface area contributed by atoms with Gasteiger partial charge in [0.25, 0.3) is 11.8 Å². The van der Waals surface area contributed by atoms with Crippen molar-refractivity contribution in [2.75, 3.05) is 4.90 Å². The van der Waals surface area contributed by atoms with Crippen LogP contribution in [-0.2, 0) is 22.4 Å². The lowest BCUT2D eigenvalue weighted by atomic mass is 9.99. The van der Waals surface area contributed by atoms with Gasteiger partial charge < -0.3 is 4.74 Å². The van der Waals surface area contributed by atoms with E-state index in [9.17, 15) is 27.6 Å². The highest BCUT2D eigenvalue weighted by atomic mass is 35.5. The smallest absolute Gasteiger partial charge is 0.416 e. The van der Waals surface area contributed by atoms with Crippen LogP contribution >= 0.6 is 34.8 Å². The van der Waals surface area contributed by atoms with E-state index in [0.29, 0.717) is 43.6 Å². The Kier molecular flexibility index (Phi) is 7.70. The molecule has 1 heterocycles. The fourth-order valence-corrected chi connectivity index (χ4v) is 4.74. The molecule has 208 valence electrons. The minimum absolute atomic E-state index is 0.0516. The topological polar surface area (TPSA) is 75.7 Å². The standard InChI is InChI=1S/C29H16Cl3F3N2O4/c30-21-8-5-15(11-23(21)32)14-41-25-10-6-16-3-1-2-4-18(16)19(25)13-20-26(38)36-28(40)37(27(20)39)24-12-17(29(33,34)35)7-9-22(24)31/h1-13H,14H2,(H,36,38,40)/b20-13-. The second-order valence-corrected chi connectivity index (χ2v) is 10.1. The Morgan fingerprint density at radius 2 is 1.59 bits per heavy atom. The van der Waals surface area contributed by atoms with Crippen LogP contribution in [0.4, 0.5) is 23.7 Å². The average molecular weight is 620 g/mol. The van der Waals surface area contributed by atoms with Crippen LogP contribution in [0.15, 0.2) is 78.4 Å². The Balaban J connectivity index is 1.59. The summed E-state index contributed by atoms with van der Waals surface area (Å²) >= 11 is 18.2. The molecule has 0 aromatic heterocycles. The average Bonchev–Trinajstić information content (AvgIpc) is 2.92. The Morgan fingerprint density at radius 3 is 2.32 bits per heavy atom. The molecular weight excluding hydrogens is 604 g/mol. The number of imide groups is 2. The van der Waals surface area contributed by atoms with Crippen molar-refractivity contribution in [2.24, 2.45) is 0 Å². The summed E-state index contributed by atoms with van der Waals surface area (Å²) in [5.41, 5.74) is -1.17. The summed E-state index contributed by atoms with van der Waals surface area (Å²) < 4.78 is 46.2. The van der Waals surface area contributed by atoms with Crippen LogP contribution in [-0.4, -0.2) is 17.8 Å². The molecule has 4 aromatic carbocycles. The Morgan fingerprint density at radius 1 is 0.854 bits per heavy atom. The van der Waals surface area contributed by atoms with Crippen molar-refractivity contribution in [1.82, 2.24) is 5.32 Å². The third kappa shape index (κ3) is 5.74. The molecule has 0 saturated carbocycles. The predicted molar refractivity (Wildman–Crippen MR) is 150 cm³/mol. The summed E-state index contributed by atoms with van der Waals surface area (Å²) in [4.78, 5) is 39.5. The molecule has 0 atom stereocenters. The normalized spacial score (nSPS) is 15.0. The van der Waals surface area contributed by atoms with Crippen LogP contribution in [0.2, 0.25) is 15.1 Å². The van der Waals surface area contributed by atoms with Gasteiger partial charge in [-0.2, -0.15) is 13.2 Å². The molecule has 41 heavy (non-hydrogen) atoms. The first-order valence-electron chi connectivity index (χ1n) is 11.8. The minimum Gasteiger partial charge on any atom is -0.488 e. The fraction of sp³-hybridized carbons (Fsp3) is 0.0690. The summed E-state index contributed by atoms with van der Waals surface area (Å²) in [6, 6.07) is 16.4. The Bertz CT molecular complexity index is 1770. The number of amides is 4. The third-order valence-electron chi connectivity index (χ3n) is 6.21. The van der Waals surface area contributed by atoms with Gasteiger partial charge in [0.1, 0.15) is 17.9 Å². The molecule has 1 aliphatic rings. The molecule has 0 radical (unpaired) electrons. The van der Waals surface area contributed by atoms with E-state index < -0.39 is 40.8 Å². The van der Waals surface area contributed by atoms with E-state index in [-0.39, 0.29) is 17.4 Å². The van der Waals surface area contributed by atoms with Gasteiger partial charge in [0, 0.05) is 5.56 Å². The predicted octanol–water partition coefficient (Wildman–Crippen LogP) is 8.06. The highest BCUT2D eigenvalue weighted by Gasteiger charge is 2.39. The summed E-state index contributed by atoms with van der Waals surface area (Å²) in [6.45, 7) is 0.0516. The van der Waals surface area contributed by atoms with Crippen LogP contribution in [0.5, 0.6) is 5.75 Å². The molecule has 4 aromatic rings. The van der Waals surface area contributed by atoms with Crippen molar-refractivity contribution in [3.63, 3.8) is 0 Å². The molecule has 0 aliphatic carbocycles. The lowest BCUT2D eigenvalue weighted by Crippen LogP contribution is -2.54. The van der Waals surface area contributed by atoms with Gasteiger partial charge in [-0.3, -0.25) is 14.9 Å². The van der Waals surface area contributed by atoms with Gasteiger partial charge >= 0.3 is 12.2 Å². The molecule has 5 rings (SSSR count). The number of nitrogens with one attached hydrogen (secondary N) is 1. The molecule has 0 unspecified atom stereocenters. The second-order valence-electron chi connectivity index (χ2n) is 8.86. The van der Waals surface area contributed by atoms with Gasteiger partial charge in [-0.05, 0) is 58.8 Å². The van der Waals surface area contributed by atoms with Crippen LogP contribution in [0.1, 0.15) is 16.7 Å². The van der Waals surface area contributed by atoms with Gasteiger partial charge in [-0.15, -0.1) is 0 Å². The van der Waals surface area contributed by atoms with Gasteiger partial charge in [-0.25, -0.2) is 9.69 Å². The number of ether oxygens (including phenoxy) is 1. The molecule has 1 N–H and O–H groups in total. The number of alkyl halides is 3. The summed E-state index contributed by atoms with van der Waals surface area (Å²) in [7, 11) is 0. The first-order valence-corrected chi connectivity index (χ1v) is 12.9. The van der Waals surface area contributed by atoms with Crippen LogP contribution < -0.4 is 15.0 Å². The van der Waals surface area contributed by atoms with Gasteiger partial charge in [0.2, 0.25) is 0 Å². The Hall–Kier alpha value is -4.05. The molecule has 12 heteroatoms. The van der Waals surface area contributed by atoms with Gasteiger partial charge in [0.15, 0.2) is 0 Å². The second kappa shape index (κ2) is 11.1. The fourth-order valence-electron chi connectivity index (χ4n) is 4.22. The van der Waals surface area contributed by atoms with E-state index in [0.717, 1.165) is 11.5 Å². The number of fused-ring (bicyclic) bond motifs is 1. The van der Waals surface area contributed by atoms with E-state index in [1.165, 1.54) is 6.08 Å². The van der Waals surface area contributed by atoms with Crippen molar-refractivity contribution in [2.45, 2.75) is 12.8 Å². The number of carbonyl (C=O) groups is 3. The number of hydrogen-bond acceptors (Lipinski definition) is 4. The van der Waals surface area contributed by atoms with Crippen molar-refractivity contribution in [1.29, 1.82) is 0 Å². The van der Waals surface area contributed by atoms with Crippen molar-refractivity contribution in [3.05, 3.63) is 110 Å². The van der Waals surface area contributed by atoms with Crippen molar-refractivity contribution < 1.29 is 32.3 Å². The third-order valence-corrected chi connectivity index (χ3v) is 7.27. The number of benzene rings is 4. The van der Waals surface area contributed by atoms with E-state index in [2.05, 4.69) is 0 Å². The lowest BCUT2D eigenvalue weighted by molar-refractivity contribution is -0.137. The number of halogens is 6. The van der Waals surface area contributed by atoms with E-state index in [1.807, 2.05) is 5.32 Å². The molecule has 4 amide bonds. The number of nitrogens with zero attached hydrogens (tertiary/aromatic N) is 1. The largest absolute Gasteiger partial charge is 0.488 e. The number of carbonyl (C=O) groups excluding carboxylic acids is 3. The van der Waals surface area contributed by atoms with E-state index >= 15 is 0 Å². The molecular formula is C29H16Cl3F3N2O4. The number of urea groups is 1. The van der Waals surface area contributed by atoms with E-state index in [4.69, 9.17) is 39.5 Å². The number of rotatable bonds is 5. The van der Waals surface area contributed by atoms with Crippen molar-refractivity contribution >= 4 is 75.2 Å². The molecule has 1 aliphatic heterocycles. The quantitative estimate of drug-likeness (QED) is 0.181. The first kappa shape index (κ1) is 28.5. The maximum atomic E-state index is 13.5. The Labute approximate surface area is 245 Å². The van der Waals surface area contributed by atoms with Gasteiger partial charge in [-0.1, -0.05) is 71.2 Å². The maximum Gasteiger partial charge on any atom is 0.416 e. The van der Waals surface area contributed by atoms with Crippen LogP contribution in [0.25, 0.3) is 16.8 Å². The number of anilines is 1. The number of hydrogen-bond donors (Lipinski definition) is 1. The van der Waals surface area contributed by atoms with Crippen LogP contribution in [0.3, 0.4) is 0 Å². The van der Waals surface area contributed by atoms with Gasteiger partial charge in [0.05, 0.1) is 26.3 Å². The SMILES string of the molecule is O=C1NC(=O)N(c2cc(C(F)(F)F)ccc2Cl)C(=O)/C1=C\c1c(OCc2ccc(Cl)c(Cl)c2)ccc2ccccc12. The number of barbiturate groups is 1. The zero-order valence-corrected chi connectivity index (χ0v) is 22.8. The summed E-state index contributed by atoms with van der Waals surface area (Å²) in [5, 5.41) is 3.75. The highest BCUT2D eigenvalue weighted by Crippen LogP contribution is 2.37.